The maximum absolute atomic E-state index is 12.6. The van der Waals surface area contributed by atoms with Crippen LogP contribution in [-0.4, -0.2) is 33.7 Å². The molecular weight excluding hydrogens is 350 g/mol. The van der Waals surface area contributed by atoms with Crippen molar-refractivity contribution in [3.05, 3.63) is 58.7 Å². The molecular formula is C20H23NO4S. The van der Waals surface area contributed by atoms with Gasteiger partial charge in [0.05, 0.1) is 11.5 Å². The summed E-state index contributed by atoms with van der Waals surface area (Å²) in [6.07, 6.45) is 3.45. The zero-order valence-corrected chi connectivity index (χ0v) is 15.9. The molecule has 1 N–H and O–H groups in total. The average molecular weight is 373 g/mol. The Labute approximate surface area is 154 Å². The van der Waals surface area contributed by atoms with E-state index in [0.29, 0.717) is 24.9 Å². The lowest BCUT2D eigenvalue weighted by Crippen LogP contribution is -2.27. The molecule has 0 fully saturated rings. The third-order valence-corrected chi connectivity index (χ3v) is 5.70. The Morgan fingerprint density at radius 3 is 2.73 bits per heavy atom. The number of rotatable bonds is 6. The molecule has 138 valence electrons. The minimum Gasteiger partial charge on any atom is -0.493 e. The van der Waals surface area contributed by atoms with E-state index in [1.807, 2.05) is 19.1 Å². The van der Waals surface area contributed by atoms with Crippen molar-refractivity contribution in [2.24, 2.45) is 0 Å². The molecule has 0 aromatic heterocycles. The van der Waals surface area contributed by atoms with Gasteiger partial charge in [0.15, 0.2) is 9.84 Å². The first-order valence-electron chi connectivity index (χ1n) is 8.74. The van der Waals surface area contributed by atoms with Gasteiger partial charge in [-0.2, -0.15) is 0 Å². The van der Waals surface area contributed by atoms with Crippen LogP contribution in [0.1, 0.15) is 34.0 Å². The van der Waals surface area contributed by atoms with Gasteiger partial charge < -0.3 is 10.1 Å². The van der Waals surface area contributed by atoms with E-state index in [9.17, 15) is 13.2 Å². The van der Waals surface area contributed by atoms with Gasteiger partial charge in [0.1, 0.15) is 5.75 Å². The normalized spacial score (nSPS) is 13.2. The van der Waals surface area contributed by atoms with Gasteiger partial charge in [-0.3, -0.25) is 4.79 Å². The zero-order valence-electron chi connectivity index (χ0n) is 15.0. The number of carbonyl (C=O) groups is 1. The van der Waals surface area contributed by atoms with Crippen LogP contribution in [-0.2, 0) is 29.1 Å². The smallest absolute Gasteiger partial charge is 0.251 e. The van der Waals surface area contributed by atoms with E-state index in [2.05, 4.69) is 11.4 Å². The molecule has 0 radical (unpaired) electrons. The maximum Gasteiger partial charge on any atom is 0.251 e. The Hall–Kier alpha value is -2.34. The monoisotopic (exact) mass is 373 g/mol. The minimum atomic E-state index is -3.35. The number of carbonyl (C=O) groups excluding carboxylic acids is 1. The first kappa shape index (κ1) is 18.5. The molecule has 2 aromatic rings. The van der Waals surface area contributed by atoms with Gasteiger partial charge in [-0.15, -0.1) is 0 Å². The summed E-state index contributed by atoms with van der Waals surface area (Å²) in [6, 6.07) is 10.8. The summed E-state index contributed by atoms with van der Waals surface area (Å²) in [5.41, 5.74) is 3.63. The van der Waals surface area contributed by atoms with Crippen molar-refractivity contribution < 1.29 is 17.9 Å². The molecule has 2 aromatic carbocycles. The van der Waals surface area contributed by atoms with E-state index in [4.69, 9.17) is 4.74 Å². The quantitative estimate of drug-likeness (QED) is 0.845. The number of sulfone groups is 1. The van der Waals surface area contributed by atoms with E-state index in [1.54, 1.807) is 12.1 Å². The maximum atomic E-state index is 12.6. The third kappa shape index (κ3) is 4.07. The van der Waals surface area contributed by atoms with Crippen LogP contribution in [0.25, 0.3) is 0 Å². The van der Waals surface area contributed by atoms with Crippen LogP contribution < -0.4 is 10.1 Å². The lowest BCUT2D eigenvalue weighted by Gasteiger charge is -2.11. The Kier molecular flexibility index (Phi) is 5.32. The van der Waals surface area contributed by atoms with Crippen LogP contribution in [0.3, 0.4) is 0 Å². The SMILES string of the molecule is CCc1ccc(S(C)(=O)=O)cc1C(=O)NCCc1ccc2c(c1)CCO2. The molecule has 26 heavy (non-hydrogen) atoms. The first-order valence-corrected chi connectivity index (χ1v) is 10.6. The van der Waals surface area contributed by atoms with Crippen LogP contribution in [0.5, 0.6) is 5.75 Å². The van der Waals surface area contributed by atoms with E-state index in [-0.39, 0.29) is 10.8 Å². The highest BCUT2D eigenvalue weighted by Gasteiger charge is 2.16. The molecule has 1 amide bonds. The molecule has 0 spiro atoms. The van der Waals surface area contributed by atoms with Gasteiger partial charge in [0.25, 0.3) is 5.91 Å². The van der Waals surface area contributed by atoms with Gasteiger partial charge in [0, 0.05) is 24.8 Å². The van der Waals surface area contributed by atoms with E-state index < -0.39 is 9.84 Å². The number of hydrogen-bond acceptors (Lipinski definition) is 4. The Balaban J connectivity index is 1.68. The fourth-order valence-electron chi connectivity index (χ4n) is 3.12. The predicted octanol–water partition coefficient (Wildman–Crippen LogP) is 2.56. The van der Waals surface area contributed by atoms with Crippen LogP contribution in [0.4, 0.5) is 0 Å². The fourth-order valence-corrected chi connectivity index (χ4v) is 3.76. The number of aryl methyl sites for hydroxylation is 1. The molecule has 0 unspecified atom stereocenters. The van der Waals surface area contributed by atoms with Crippen molar-refractivity contribution in [2.75, 3.05) is 19.4 Å². The molecule has 3 rings (SSSR count). The van der Waals surface area contributed by atoms with Gasteiger partial charge in [0.2, 0.25) is 0 Å². The van der Waals surface area contributed by atoms with Crippen molar-refractivity contribution in [3.8, 4) is 5.75 Å². The second-order valence-corrected chi connectivity index (χ2v) is 8.51. The summed E-state index contributed by atoms with van der Waals surface area (Å²) in [4.78, 5) is 12.7. The first-order chi connectivity index (χ1) is 12.4. The van der Waals surface area contributed by atoms with Gasteiger partial charge >= 0.3 is 0 Å². The molecule has 0 atom stereocenters. The summed E-state index contributed by atoms with van der Waals surface area (Å²) in [5, 5.41) is 2.90. The van der Waals surface area contributed by atoms with Crippen molar-refractivity contribution >= 4 is 15.7 Å². The molecule has 1 heterocycles. The van der Waals surface area contributed by atoms with Crippen LogP contribution in [0.2, 0.25) is 0 Å². The molecule has 0 saturated carbocycles. The molecule has 1 aliphatic heterocycles. The molecule has 5 nitrogen and oxygen atoms in total. The molecule has 0 bridgehead atoms. The van der Waals surface area contributed by atoms with Crippen LogP contribution in [0, 0.1) is 0 Å². The van der Waals surface area contributed by atoms with Crippen LogP contribution >= 0.6 is 0 Å². The van der Waals surface area contributed by atoms with Gasteiger partial charge in [-0.1, -0.05) is 25.1 Å². The second-order valence-electron chi connectivity index (χ2n) is 6.49. The largest absolute Gasteiger partial charge is 0.493 e. The number of fused-ring (bicyclic) bond motifs is 1. The number of hydrogen-bond donors (Lipinski definition) is 1. The molecule has 0 saturated heterocycles. The zero-order chi connectivity index (χ0) is 18.7. The highest BCUT2D eigenvalue weighted by atomic mass is 32.2. The second kappa shape index (κ2) is 7.50. The Morgan fingerprint density at radius 1 is 1.19 bits per heavy atom. The van der Waals surface area contributed by atoms with Crippen molar-refractivity contribution in [2.45, 2.75) is 31.1 Å². The minimum absolute atomic E-state index is 0.165. The summed E-state index contributed by atoms with van der Waals surface area (Å²) in [6.45, 7) is 3.16. The fraction of sp³-hybridized carbons (Fsp3) is 0.350. The van der Waals surface area contributed by atoms with Crippen molar-refractivity contribution in [1.29, 1.82) is 0 Å². The van der Waals surface area contributed by atoms with Crippen LogP contribution in [0.15, 0.2) is 41.3 Å². The summed E-state index contributed by atoms with van der Waals surface area (Å²) < 4.78 is 29.0. The number of amides is 1. The number of ether oxygens (including phenoxy) is 1. The Bertz CT molecular complexity index is 935. The number of nitrogens with one attached hydrogen (secondary N) is 1. The predicted molar refractivity (Wildman–Crippen MR) is 101 cm³/mol. The lowest BCUT2D eigenvalue weighted by molar-refractivity contribution is 0.0953. The average Bonchev–Trinajstić information content (AvgIpc) is 3.08. The van der Waals surface area contributed by atoms with E-state index in [0.717, 1.165) is 36.2 Å². The third-order valence-electron chi connectivity index (χ3n) is 4.59. The van der Waals surface area contributed by atoms with Crippen molar-refractivity contribution in [3.63, 3.8) is 0 Å². The number of benzene rings is 2. The summed E-state index contributed by atoms with van der Waals surface area (Å²) in [5.74, 6) is 0.708. The van der Waals surface area contributed by atoms with Gasteiger partial charge in [-0.25, -0.2) is 8.42 Å². The Morgan fingerprint density at radius 2 is 2.00 bits per heavy atom. The highest BCUT2D eigenvalue weighted by Crippen LogP contribution is 2.26. The molecule has 6 heteroatoms. The summed E-state index contributed by atoms with van der Waals surface area (Å²) in [7, 11) is -3.35. The summed E-state index contributed by atoms with van der Waals surface area (Å²) >= 11 is 0. The lowest BCUT2D eigenvalue weighted by atomic mass is 10.0. The molecule has 1 aliphatic rings. The van der Waals surface area contributed by atoms with E-state index >= 15 is 0 Å². The highest BCUT2D eigenvalue weighted by molar-refractivity contribution is 7.90. The standard InChI is InChI=1S/C20H23NO4S/c1-3-15-5-6-17(26(2,23)24)13-18(15)20(22)21-10-8-14-4-7-19-16(12-14)9-11-25-19/h4-7,12-13H,3,8-11H2,1-2H3,(H,21,22). The van der Waals surface area contributed by atoms with E-state index in [1.165, 1.54) is 11.6 Å². The topological polar surface area (TPSA) is 72.5 Å². The molecule has 0 aliphatic carbocycles. The van der Waals surface area contributed by atoms with Crippen molar-refractivity contribution in [1.82, 2.24) is 5.32 Å². The van der Waals surface area contributed by atoms with Gasteiger partial charge in [-0.05, 0) is 47.7 Å².